The molecule has 1 nitrogen and oxygen atoms in total. The molecule has 4 bridgehead atoms. The lowest BCUT2D eigenvalue weighted by molar-refractivity contribution is -0.0399. The van der Waals surface area contributed by atoms with Crippen LogP contribution in [0.5, 0.6) is 0 Å². The first-order valence-electron chi connectivity index (χ1n) is 22.3. The maximum absolute atomic E-state index is 2.61. The van der Waals surface area contributed by atoms with Crippen LogP contribution in [0.2, 0.25) is 0 Å². The van der Waals surface area contributed by atoms with Crippen molar-refractivity contribution in [3.8, 4) is 22.3 Å². The van der Waals surface area contributed by atoms with Crippen LogP contribution in [0.15, 0.2) is 152 Å². The first-order valence-corrected chi connectivity index (χ1v) is 22.3. The number of anilines is 3. The molecule has 1 heteroatoms. The highest BCUT2D eigenvalue weighted by atomic mass is 15.1. The third-order valence-electron chi connectivity index (χ3n) is 16.7. The summed E-state index contributed by atoms with van der Waals surface area (Å²) in [6.45, 7) is 0. The largest absolute Gasteiger partial charge is 0.310 e. The zero-order chi connectivity index (χ0) is 37.7. The second-order valence-corrected chi connectivity index (χ2v) is 19.2. The van der Waals surface area contributed by atoms with Crippen molar-refractivity contribution in [1.29, 1.82) is 0 Å². The van der Waals surface area contributed by atoms with E-state index >= 15 is 0 Å². The Kier molecular flexibility index (Phi) is 6.41. The van der Waals surface area contributed by atoms with E-state index in [1.165, 1.54) is 135 Å². The Bertz CT molecular complexity index is 2990. The first-order chi connectivity index (χ1) is 28.7. The molecule has 0 N–H and O–H groups in total. The zero-order valence-electron chi connectivity index (χ0n) is 33.1. The van der Waals surface area contributed by atoms with Gasteiger partial charge in [0.2, 0.25) is 0 Å². The van der Waals surface area contributed by atoms with Gasteiger partial charge in [-0.25, -0.2) is 0 Å². The van der Waals surface area contributed by atoms with Gasteiger partial charge in [0.1, 0.15) is 0 Å². The fourth-order valence-electron chi connectivity index (χ4n) is 14.9. The fraction of sp³-hybridized carbons (Fsp3) is 0.263. The smallest absolute Gasteiger partial charge is 0.0468 e. The number of fused-ring (bicyclic) bond motifs is 14. The maximum atomic E-state index is 2.61. The molecule has 8 aromatic rings. The summed E-state index contributed by atoms with van der Waals surface area (Å²) in [7, 11) is 0. The van der Waals surface area contributed by atoms with E-state index in [1.54, 1.807) is 16.7 Å². The monoisotopic (exact) mass is 745 g/mol. The van der Waals surface area contributed by atoms with E-state index in [0.29, 0.717) is 0 Å². The van der Waals surface area contributed by atoms with E-state index in [9.17, 15) is 0 Å². The molecule has 0 heterocycles. The quantitative estimate of drug-likeness (QED) is 0.163. The molecule has 0 aromatic heterocycles. The van der Waals surface area contributed by atoms with Gasteiger partial charge in [-0.05, 0) is 182 Å². The highest BCUT2D eigenvalue weighted by molar-refractivity contribution is 6.25. The number of benzene rings is 8. The van der Waals surface area contributed by atoms with Gasteiger partial charge < -0.3 is 4.90 Å². The Morgan fingerprint density at radius 2 is 0.845 bits per heavy atom. The van der Waals surface area contributed by atoms with Crippen molar-refractivity contribution in [3.05, 3.63) is 174 Å². The molecule has 280 valence electrons. The molecule has 7 aliphatic carbocycles. The van der Waals surface area contributed by atoms with Gasteiger partial charge in [0, 0.05) is 27.9 Å². The van der Waals surface area contributed by atoms with Crippen LogP contribution in [0, 0.1) is 23.7 Å². The molecule has 0 radical (unpaired) electrons. The normalized spacial score (nSPS) is 25.2. The minimum absolute atomic E-state index is 0.106. The van der Waals surface area contributed by atoms with Gasteiger partial charge in [-0.2, -0.15) is 0 Å². The summed E-state index contributed by atoms with van der Waals surface area (Å²) in [5.74, 6) is 3.40. The molecule has 5 saturated carbocycles. The van der Waals surface area contributed by atoms with E-state index in [4.69, 9.17) is 0 Å². The van der Waals surface area contributed by atoms with E-state index in [-0.39, 0.29) is 10.8 Å². The summed E-state index contributed by atoms with van der Waals surface area (Å²) < 4.78 is 0. The van der Waals surface area contributed by atoms with Crippen LogP contribution in [0.3, 0.4) is 0 Å². The molecule has 5 fully saturated rings. The summed E-state index contributed by atoms with van der Waals surface area (Å²) in [5, 5.41) is 7.92. The lowest BCUT2D eigenvalue weighted by atomic mass is 9.43. The van der Waals surface area contributed by atoms with Crippen LogP contribution < -0.4 is 4.90 Å². The predicted molar refractivity (Wildman–Crippen MR) is 242 cm³/mol. The molecule has 2 spiro atoms. The third kappa shape index (κ3) is 4.03. The molecule has 0 unspecified atom stereocenters. The zero-order valence-corrected chi connectivity index (χ0v) is 33.1. The Labute approximate surface area is 341 Å². The SMILES string of the molecule is c1ccc2c(c1)-c1ccc(N(c3ccc4c(c3)-c3ccccc3C43C4CC5CC(C4)CC3C5)c3ccc4c5ccccc5c5ccccc5c4c3)cc1C21CCCC1. The highest BCUT2D eigenvalue weighted by Gasteiger charge is 2.61. The first kappa shape index (κ1) is 32.3. The van der Waals surface area contributed by atoms with Gasteiger partial charge >= 0.3 is 0 Å². The summed E-state index contributed by atoms with van der Waals surface area (Å²) in [6, 6.07) is 59.4. The van der Waals surface area contributed by atoms with Gasteiger partial charge in [0.15, 0.2) is 0 Å². The topological polar surface area (TPSA) is 3.24 Å². The average molecular weight is 746 g/mol. The van der Waals surface area contributed by atoms with Crippen molar-refractivity contribution < 1.29 is 0 Å². The minimum Gasteiger partial charge on any atom is -0.310 e. The molecule has 0 amide bonds. The van der Waals surface area contributed by atoms with Crippen LogP contribution in [-0.4, -0.2) is 0 Å². The average Bonchev–Trinajstić information content (AvgIpc) is 3.96. The van der Waals surface area contributed by atoms with Crippen molar-refractivity contribution in [1.82, 2.24) is 0 Å². The number of rotatable bonds is 3. The summed E-state index contributed by atoms with van der Waals surface area (Å²) >= 11 is 0. The molecule has 7 aliphatic rings. The Hall–Kier alpha value is -5.66. The molecule has 15 rings (SSSR count). The van der Waals surface area contributed by atoms with Crippen LogP contribution in [0.4, 0.5) is 17.1 Å². The van der Waals surface area contributed by atoms with Crippen molar-refractivity contribution in [2.45, 2.75) is 68.6 Å². The van der Waals surface area contributed by atoms with Crippen LogP contribution in [0.25, 0.3) is 54.6 Å². The Morgan fingerprint density at radius 3 is 1.53 bits per heavy atom. The van der Waals surface area contributed by atoms with Crippen LogP contribution >= 0.6 is 0 Å². The standard InChI is InChI=1S/C57H47N/c1-2-13-44-42(11-1)43-12-3-4-14-45(43)50-32-39(19-22-46(44)50)58(41-20-23-49-47-15-5-7-17-52(47)56(55(49)34-41)25-9-10-26-56)40-21-24-54-51(33-40)48-16-6-8-18-53(48)57(54)37-28-35-27-36(30-37)31-38(57)29-35/h1-8,11-24,32-38H,9-10,25-31H2. The lowest BCUT2D eigenvalue weighted by Gasteiger charge is -2.61. The number of hydrogen-bond donors (Lipinski definition) is 0. The molecule has 58 heavy (non-hydrogen) atoms. The van der Waals surface area contributed by atoms with Gasteiger partial charge in [-0.3, -0.25) is 0 Å². The molecular weight excluding hydrogens is 699 g/mol. The van der Waals surface area contributed by atoms with Crippen molar-refractivity contribution in [3.63, 3.8) is 0 Å². The third-order valence-corrected chi connectivity index (χ3v) is 16.7. The van der Waals surface area contributed by atoms with Crippen molar-refractivity contribution in [2.75, 3.05) is 4.90 Å². The lowest BCUT2D eigenvalue weighted by Crippen LogP contribution is -2.55. The fourth-order valence-corrected chi connectivity index (χ4v) is 14.9. The van der Waals surface area contributed by atoms with Crippen LogP contribution in [0.1, 0.15) is 80.0 Å². The second-order valence-electron chi connectivity index (χ2n) is 19.2. The van der Waals surface area contributed by atoms with Gasteiger partial charge in [0.25, 0.3) is 0 Å². The number of hydrogen-bond acceptors (Lipinski definition) is 1. The molecule has 0 atom stereocenters. The second kappa shape index (κ2) is 11.5. The Balaban J connectivity index is 1.01. The molecular formula is C57H47N. The van der Waals surface area contributed by atoms with Crippen molar-refractivity contribution in [2.24, 2.45) is 23.7 Å². The highest BCUT2D eigenvalue weighted by Crippen LogP contribution is 2.69. The van der Waals surface area contributed by atoms with Gasteiger partial charge in [-0.15, -0.1) is 0 Å². The van der Waals surface area contributed by atoms with Crippen LogP contribution in [-0.2, 0) is 10.8 Å². The van der Waals surface area contributed by atoms with E-state index in [2.05, 4.69) is 157 Å². The predicted octanol–water partition coefficient (Wildman–Crippen LogP) is 15.2. The maximum Gasteiger partial charge on any atom is 0.0468 e. The molecule has 0 aliphatic heterocycles. The summed E-state index contributed by atoms with van der Waals surface area (Å²) in [6.07, 6.45) is 12.2. The minimum atomic E-state index is 0.106. The van der Waals surface area contributed by atoms with E-state index in [0.717, 1.165) is 23.7 Å². The van der Waals surface area contributed by atoms with Gasteiger partial charge in [0.05, 0.1) is 0 Å². The van der Waals surface area contributed by atoms with Crippen molar-refractivity contribution >= 4 is 49.4 Å². The Morgan fingerprint density at radius 1 is 0.362 bits per heavy atom. The molecule has 8 aromatic carbocycles. The van der Waals surface area contributed by atoms with Gasteiger partial charge in [-0.1, -0.05) is 128 Å². The molecule has 0 saturated heterocycles. The van der Waals surface area contributed by atoms with E-state index < -0.39 is 0 Å². The summed E-state index contributed by atoms with van der Waals surface area (Å²) in [4.78, 5) is 2.61. The van der Waals surface area contributed by atoms with E-state index in [1.807, 2.05) is 0 Å². The number of nitrogens with zero attached hydrogens (tertiary/aromatic N) is 1. The summed E-state index contributed by atoms with van der Waals surface area (Å²) in [5.41, 5.74) is 16.2.